The van der Waals surface area contributed by atoms with Gasteiger partial charge in [-0.15, -0.1) is 0 Å². The summed E-state index contributed by atoms with van der Waals surface area (Å²) in [7, 11) is 0. The van der Waals surface area contributed by atoms with E-state index in [1.54, 1.807) is 0 Å². The molecule has 0 bridgehead atoms. The van der Waals surface area contributed by atoms with Gasteiger partial charge in [-0.2, -0.15) is 13.2 Å². The molecular weight excluding hydrogens is 271 g/mol. The van der Waals surface area contributed by atoms with Crippen LogP contribution in [0.25, 0.3) is 0 Å². The number of ether oxygens (including phenoxy) is 1. The maximum absolute atomic E-state index is 12.4. The highest BCUT2D eigenvalue weighted by Crippen LogP contribution is 2.36. The number of hydrogen-bond donors (Lipinski definition) is 1. The van der Waals surface area contributed by atoms with E-state index >= 15 is 0 Å². The van der Waals surface area contributed by atoms with Crippen molar-refractivity contribution in [3.05, 3.63) is 33.9 Å². The molecule has 0 aliphatic carbocycles. The van der Waals surface area contributed by atoms with Crippen LogP contribution in [0.15, 0.2) is 18.2 Å². The van der Waals surface area contributed by atoms with Crippen LogP contribution in [0.2, 0.25) is 0 Å². The van der Waals surface area contributed by atoms with Crippen LogP contribution >= 0.6 is 0 Å². The molecule has 0 aliphatic heterocycles. The Morgan fingerprint density at radius 3 is 2.47 bits per heavy atom. The van der Waals surface area contributed by atoms with Crippen molar-refractivity contribution in [1.29, 1.82) is 0 Å². The van der Waals surface area contributed by atoms with E-state index in [0.717, 1.165) is 13.0 Å². The van der Waals surface area contributed by atoms with Crippen molar-refractivity contribution in [2.24, 2.45) is 0 Å². The maximum atomic E-state index is 12.4. The highest BCUT2D eigenvalue weighted by atomic mass is 19.4. The van der Waals surface area contributed by atoms with Crippen LogP contribution in [0, 0.1) is 10.1 Å². The molecule has 0 saturated heterocycles. The van der Waals surface area contributed by atoms with Crippen LogP contribution in [-0.4, -0.2) is 22.1 Å². The van der Waals surface area contributed by atoms with Crippen molar-refractivity contribution < 1.29 is 32.7 Å². The smallest absolute Gasteiger partial charge is 0.416 e. The monoisotopic (exact) mass is 279 g/mol. The topological polar surface area (TPSA) is 89.7 Å². The molecule has 1 N–H and O–H groups in total. The van der Waals surface area contributed by atoms with Gasteiger partial charge in [0, 0.05) is 6.07 Å². The Balaban J connectivity index is 3.19. The molecule has 0 saturated carbocycles. The fourth-order valence-electron chi connectivity index (χ4n) is 1.18. The summed E-state index contributed by atoms with van der Waals surface area (Å²) in [6.45, 7) is 1.10. The molecule has 0 radical (unpaired) electrons. The Bertz CT molecular complexity index is 514. The van der Waals surface area contributed by atoms with Crippen LogP contribution in [0.5, 0.6) is 5.75 Å². The zero-order chi connectivity index (χ0) is 14.8. The average Bonchev–Trinajstić information content (AvgIpc) is 2.27. The second-order valence-corrected chi connectivity index (χ2v) is 3.54. The standard InChI is InChI=1S/C10H8F3NO5/c1-5(9(15)16)19-8-3-2-6(10(11,12)13)4-7(8)14(17)18/h2-5H,1H3,(H,15,16)/t5-/m0/s1. The first-order valence-corrected chi connectivity index (χ1v) is 4.88. The number of carboxylic acid groups (broad SMARTS) is 1. The SMILES string of the molecule is C[C@H](Oc1ccc(C(F)(F)F)cc1[N+](=O)[O-])C(=O)O. The minimum absolute atomic E-state index is 0.296. The Labute approximate surface area is 104 Å². The lowest BCUT2D eigenvalue weighted by Gasteiger charge is -2.12. The minimum Gasteiger partial charge on any atom is -0.479 e. The van der Waals surface area contributed by atoms with Crippen LogP contribution < -0.4 is 4.74 Å². The summed E-state index contributed by atoms with van der Waals surface area (Å²) in [6, 6.07) is 1.60. The molecule has 0 spiro atoms. The number of carbonyl (C=O) groups is 1. The zero-order valence-corrected chi connectivity index (χ0v) is 9.47. The Morgan fingerprint density at radius 1 is 1.47 bits per heavy atom. The molecule has 0 heterocycles. The van der Waals surface area contributed by atoms with E-state index in [-0.39, 0.29) is 0 Å². The molecule has 1 atom stereocenters. The van der Waals surface area contributed by atoms with Crippen molar-refractivity contribution in [3.63, 3.8) is 0 Å². The number of carboxylic acids is 1. The van der Waals surface area contributed by atoms with Gasteiger partial charge in [0.15, 0.2) is 11.9 Å². The zero-order valence-electron chi connectivity index (χ0n) is 9.47. The molecule has 104 valence electrons. The third kappa shape index (κ3) is 3.57. The average molecular weight is 279 g/mol. The molecule has 19 heavy (non-hydrogen) atoms. The van der Waals surface area contributed by atoms with E-state index < -0.39 is 40.2 Å². The van der Waals surface area contributed by atoms with Crippen molar-refractivity contribution in [2.75, 3.05) is 0 Å². The number of rotatable bonds is 4. The molecule has 0 fully saturated rings. The summed E-state index contributed by atoms with van der Waals surface area (Å²) < 4.78 is 41.9. The molecule has 1 rings (SSSR count). The van der Waals surface area contributed by atoms with Crippen LogP contribution in [0.1, 0.15) is 12.5 Å². The number of hydrogen-bond acceptors (Lipinski definition) is 4. The molecule has 0 amide bonds. The predicted octanol–water partition coefficient (Wildman–Crippen LogP) is 2.47. The Hall–Kier alpha value is -2.32. The summed E-state index contributed by atoms with van der Waals surface area (Å²) in [5.41, 5.74) is -2.16. The summed E-state index contributed by atoms with van der Waals surface area (Å²) in [6.07, 6.45) is -6.16. The molecule has 0 aromatic heterocycles. The van der Waals surface area contributed by atoms with E-state index in [9.17, 15) is 28.1 Å². The van der Waals surface area contributed by atoms with Gasteiger partial charge in [0.25, 0.3) is 0 Å². The maximum Gasteiger partial charge on any atom is 0.416 e. The summed E-state index contributed by atoms with van der Waals surface area (Å²) in [5, 5.41) is 19.2. The normalized spacial score (nSPS) is 12.8. The van der Waals surface area contributed by atoms with E-state index in [4.69, 9.17) is 9.84 Å². The largest absolute Gasteiger partial charge is 0.479 e. The minimum atomic E-state index is -4.73. The first-order valence-electron chi connectivity index (χ1n) is 4.88. The fourth-order valence-corrected chi connectivity index (χ4v) is 1.18. The van der Waals surface area contributed by atoms with Crippen LogP contribution in [0.4, 0.5) is 18.9 Å². The number of nitrogens with zero attached hydrogens (tertiary/aromatic N) is 1. The van der Waals surface area contributed by atoms with Gasteiger partial charge in [-0.1, -0.05) is 0 Å². The van der Waals surface area contributed by atoms with Gasteiger partial charge in [0.05, 0.1) is 10.5 Å². The molecule has 9 heteroatoms. The number of benzene rings is 1. The van der Waals surface area contributed by atoms with E-state index in [0.29, 0.717) is 12.1 Å². The van der Waals surface area contributed by atoms with Gasteiger partial charge in [0.2, 0.25) is 0 Å². The molecule has 1 aromatic rings. The van der Waals surface area contributed by atoms with Crippen molar-refractivity contribution in [2.45, 2.75) is 19.2 Å². The second-order valence-electron chi connectivity index (χ2n) is 3.54. The van der Waals surface area contributed by atoms with Crippen LogP contribution in [-0.2, 0) is 11.0 Å². The van der Waals surface area contributed by atoms with Crippen molar-refractivity contribution >= 4 is 11.7 Å². The van der Waals surface area contributed by atoms with Crippen molar-refractivity contribution in [3.8, 4) is 5.75 Å². The van der Waals surface area contributed by atoms with Gasteiger partial charge in [0.1, 0.15) is 0 Å². The molecule has 6 nitrogen and oxygen atoms in total. The lowest BCUT2D eigenvalue weighted by molar-refractivity contribution is -0.386. The first kappa shape index (κ1) is 14.7. The molecule has 0 unspecified atom stereocenters. The van der Waals surface area contributed by atoms with Gasteiger partial charge < -0.3 is 9.84 Å². The third-order valence-electron chi connectivity index (χ3n) is 2.13. The van der Waals surface area contributed by atoms with E-state index in [1.807, 2.05) is 0 Å². The highest BCUT2D eigenvalue weighted by molar-refractivity contribution is 5.72. The number of nitro groups is 1. The summed E-state index contributed by atoms with van der Waals surface area (Å²) in [5.74, 6) is -1.93. The quantitative estimate of drug-likeness (QED) is 0.675. The molecule has 1 aromatic carbocycles. The van der Waals surface area contributed by atoms with Gasteiger partial charge >= 0.3 is 17.8 Å². The Kier molecular flexibility index (Phi) is 3.98. The number of aliphatic carboxylic acids is 1. The van der Waals surface area contributed by atoms with E-state index in [1.165, 1.54) is 0 Å². The molecule has 0 aliphatic rings. The second kappa shape index (κ2) is 5.12. The summed E-state index contributed by atoms with van der Waals surface area (Å²) in [4.78, 5) is 20.1. The van der Waals surface area contributed by atoms with Crippen molar-refractivity contribution in [1.82, 2.24) is 0 Å². The first-order chi connectivity index (χ1) is 8.62. The lowest BCUT2D eigenvalue weighted by atomic mass is 10.2. The Morgan fingerprint density at radius 2 is 2.05 bits per heavy atom. The van der Waals surface area contributed by atoms with Gasteiger partial charge in [-0.05, 0) is 19.1 Å². The fraction of sp³-hybridized carbons (Fsp3) is 0.300. The van der Waals surface area contributed by atoms with Gasteiger partial charge in [-0.3, -0.25) is 10.1 Å². The predicted molar refractivity (Wildman–Crippen MR) is 55.8 cm³/mol. The number of alkyl halides is 3. The lowest BCUT2D eigenvalue weighted by Crippen LogP contribution is -2.23. The van der Waals surface area contributed by atoms with Gasteiger partial charge in [-0.25, -0.2) is 4.79 Å². The number of nitro benzene ring substituents is 1. The third-order valence-corrected chi connectivity index (χ3v) is 2.13. The highest BCUT2D eigenvalue weighted by Gasteiger charge is 2.33. The van der Waals surface area contributed by atoms with E-state index in [2.05, 4.69) is 0 Å². The summed E-state index contributed by atoms with van der Waals surface area (Å²) >= 11 is 0. The van der Waals surface area contributed by atoms with Crippen LogP contribution in [0.3, 0.4) is 0 Å². The number of halogens is 3. The molecular formula is C10H8F3NO5.